The van der Waals surface area contributed by atoms with Crippen molar-refractivity contribution in [2.24, 2.45) is 5.92 Å². The largest absolute Gasteiger partial charge is 0.446 e. The Kier molecular flexibility index (Phi) is 7.32. The van der Waals surface area contributed by atoms with E-state index in [9.17, 15) is 22.8 Å². The van der Waals surface area contributed by atoms with Crippen LogP contribution in [0.15, 0.2) is 29.2 Å². The molecule has 3 amide bonds. The van der Waals surface area contributed by atoms with Gasteiger partial charge in [0.15, 0.2) is 0 Å². The number of nitrogens with zero attached hydrogens (tertiary/aromatic N) is 2. The molecule has 0 spiro atoms. The van der Waals surface area contributed by atoms with Crippen molar-refractivity contribution < 1.29 is 22.8 Å². The van der Waals surface area contributed by atoms with E-state index in [2.05, 4.69) is 5.32 Å². The highest BCUT2D eigenvalue weighted by molar-refractivity contribution is 8.00. The van der Waals surface area contributed by atoms with Gasteiger partial charge in [-0.3, -0.25) is 4.79 Å². The third-order valence-electron chi connectivity index (χ3n) is 5.39. The first-order valence-electron chi connectivity index (χ1n) is 10.0. The Balaban J connectivity index is 1.50. The fourth-order valence-electron chi connectivity index (χ4n) is 3.89. The summed E-state index contributed by atoms with van der Waals surface area (Å²) in [5, 5.41) is 2.73. The molecule has 160 valence electrons. The van der Waals surface area contributed by atoms with Crippen LogP contribution in [0.5, 0.6) is 0 Å². The van der Waals surface area contributed by atoms with Crippen LogP contribution >= 0.6 is 11.8 Å². The zero-order valence-corrected chi connectivity index (χ0v) is 17.0. The zero-order chi connectivity index (χ0) is 20.9. The molecule has 1 aliphatic carbocycles. The Morgan fingerprint density at radius 2 is 1.52 bits per heavy atom. The topological polar surface area (TPSA) is 52.7 Å². The molecule has 2 fully saturated rings. The molecule has 1 aromatic rings. The van der Waals surface area contributed by atoms with E-state index < -0.39 is 5.51 Å². The van der Waals surface area contributed by atoms with Gasteiger partial charge in [0.05, 0.1) is 0 Å². The van der Waals surface area contributed by atoms with Gasteiger partial charge in [0.2, 0.25) is 5.91 Å². The lowest BCUT2D eigenvalue weighted by atomic mass is 9.88. The minimum Gasteiger partial charge on any atom is -0.341 e. The van der Waals surface area contributed by atoms with Crippen molar-refractivity contribution in [2.75, 3.05) is 31.5 Å². The highest BCUT2D eigenvalue weighted by Crippen LogP contribution is 2.37. The molecule has 29 heavy (non-hydrogen) atoms. The lowest BCUT2D eigenvalue weighted by Gasteiger charge is -2.28. The molecule has 1 N–H and O–H groups in total. The van der Waals surface area contributed by atoms with Crippen LogP contribution in [-0.4, -0.2) is 53.4 Å². The summed E-state index contributed by atoms with van der Waals surface area (Å²) in [5.74, 6) is 0.335. The number of anilines is 1. The van der Waals surface area contributed by atoms with Crippen molar-refractivity contribution >= 4 is 29.4 Å². The van der Waals surface area contributed by atoms with E-state index in [1.165, 1.54) is 30.7 Å². The molecule has 9 heteroatoms. The number of carbonyl (C=O) groups is 2. The first-order valence-corrected chi connectivity index (χ1v) is 10.8. The SMILES string of the molecule is O=C(Nc1ccc(SC(F)(F)F)cc1)N1CCCN(C(=O)C2CCCCC2)CC1. The average Bonchev–Trinajstić information content (AvgIpc) is 2.95. The maximum absolute atomic E-state index is 12.7. The normalized spacial score (nSPS) is 19.0. The second-order valence-corrected chi connectivity index (χ2v) is 8.64. The number of alkyl halides is 3. The number of nitrogens with one attached hydrogen (secondary N) is 1. The molecule has 0 atom stereocenters. The van der Waals surface area contributed by atoms with Crippen molar-refractivity contribution in [3.05, 3.63) is 24.3 Å². The monoisotopic (exact) mass is 429 g/mol. The van der Waals surface area contributed by atoms with Crippen molar-refractivity contribution in [3.8, 4) is 0 Å². The maximum Gasteiger partial charge on any atom is 0.446 e. The number of hydrogen-bond donors (Lipinski definition) is 1. The van der Waals surface area contributed by atoms with Crippen LogP contribution in [0.4, 0.5) is 23.7 Å². The van der Waals surface area contributed by atoms with Crippen LogP contribution < -0.4 is 5.32 Å². The Hall–Kier alpha value is -1.90. The summed E-state index contributed by atoms with van der Waals surface area (Å²) >= 11 is -0.187. The number of thioether (sulfide) groups is 1. The number of carbonyl (C=O) groups excluding carboxylic acids is 2. The van der Waals surface area contributed by atoms with Gasteiger partial charge in [0, 0.05) is 42.7 Å². The van der Waals surface area contributed by atoms with Crippen molar-refractivity contribution in [1.82, 2.24) is 9.80 Å². The fraction of sp³-hybridized carbons (Fsp3) is 0.600. The molecular formula is C20H26F3N3O2S. The highest BCUT2D eigenvalue weighted by Gasteiger charge is 2.30. The van der Waals surface area contributed by atoms with Crippen molar-refractivity contribution in [1.29, 1.82) is 0 Å². The predicted molar refractivity (Wildman–Crippen MR) is 107 cm³/mol. The molecule has 0 aromatic heterocycles. The summed E-state index contributed by atoms with van der Waals surface area (Å²) in [4.78, 5) is 28.9. The summed E-state index contributed by atoms with van der Waals surface area (Å²) in [6.45, 7) is 2.17. The Labute approximate surface area is 173 Å². The number of hydrogen-bond acceptors (Lipinski definition) is 3. The summed E-state index contributed by atoms with van der Waals surface area (Å²) < 4.78 is 37.2. The van der Waals surface area contributed by atoms with E-state index >= 15 is 0 Å². The number of rotatable bonds is 3. The minimum absolute atomic E-state index is 0.0714. The molecule has 1 aromatic carbocycles. The van der Waals surface area contributed by atoms with E-state index in [0.717, 1.165) is 25.7 Å². The van der Waals surface area contributed by atoms with E-state index in [-0.39, 0.29) is 34.5 Å². The molecular weight excluding hydrogens is 403 g/mol. The van der Waals surface area contributed by atoms with Crippen LogP contribution in [0.25, 0.3) is 0 Å². The Morgan fingerprint density at radius 1 is 0.897 bits per heavy atom. The average molecular weight is 430 g/mol. The van der Waals surface area contributed by atoms with Crippen LogP contribution in [0, 0.1) is 5.92 Å². The van der Waals surface area contributed by atoms with Crippen LogP contribution in [-0.2, 0) is 4.79 Å². The van der Waals surface area contributed by atoms with Crippen molar-refractivity contribution in [3.63, 3.8) is 0 Å². The van der Waals surface area contributed by atoms with Gasteiger partial charge < -0.3 is 15.1 Å². The lowest BCUT2D eigenvalue weighted by Crippen LogP contribution is -2.41. The summed E-state index contributed by atoms with van der Waals surface area (Å²) in [6, 6.07) is 5.29. The molecule has 1 saturated heterocycles. The second kappa shape index (κ2) is 9.73. The second-order valence-electron chi connectivity index (χ2n) is 7.50. The summed E-state index contributed by atoms with van der Waals surface area (Å²) in [7, 11) is 0. The molecule has 1 aliphatic heterocycles. The molecule has 1 saturated carbocycles. The third-order valence-corrected chi connectivity index (χ3v) is 6.13. The van der Waals surface area contributed by atoms with E-state index in [4.69, 9.17) is 0 Å². The van der Waals surface area contributed by atoms with Gasteiger partial charge in [0.25, 0.3) is 0 Å². The number of halogens is 3. The van der Waals surface area contributed by atoms with Crippen LogP contribution in [0.2, 0.25) is 0 Å². The van der Waals surface area contributed by atoms with Gasteiger partial charge in [-0.1, -0.05) is 19.3 Å². The Morgan fingerprint density at radius 3 is 2.17 bits per heavy atom. The molecule has 2 aliphatic rings. The first kappa shape index (κ1) is 21.8. The van der Waals surface area contributed by atoms with Gasteiger partial charge in [0.1, 0.15) is 0 Å². The maximum atomic E-state index is 12.7. The molecule has 1 heterocycles. The smallest absolute Gasteiger partial charge is 0.341 e. The number of urea groups is 1. The number of amides is 3. The van der Waals surface area contributed by atoms with Gasteiger partial charge in [-0.2, -0.15) is 13.2 Å². The van der Waals surface area contributed by atoms with E-state index in [1.807, 2.05) is 4.90 Å². The third kappa shape index (κ3) is 6.55. The predicted octanol–water partition coefficient (Wildman–Crippen LogP) is 4.95. The van der Waals surface area contributed by atoms with E-state index in [1.54, 1.807) is 4.90 Å². The summed E-state index contributed by atoms with van der Waals surface area (Å²) in [6.07, 6.45) is 6.06. The minimum atomic E-state index is -4.34. The first-order chi connectivity index (χ1) is 13.8. The molecule has 0 unspecified atom stereocenters. The van der Waals surface area contributed by atoms with E-state index in [0.29, 0.717) is 38.3 Å². The Bertz CT molecular complexity index is 706. The standard InChI is InChI=1S/C20H26F3N3O2S/c21-20(22,23)29-17-9-7-16(8-10-17)24-19(28)26-12-4-11-25(13-14-26)18(27)15-5-2-1-3-6-15/h7-10,15H,1-6,11-14H2,(H,24,28). The quantitative estimate of drug-likeness (QED) is 0.692. The van der Waals surface area contributed by atoms with Gasteiger partial charge in [-0.25, -0.2) is 4.79 Å². The van der Waals surface area contributed by atoms with Crippen LogP contribution in [0.1, 0.15) is 38.5 Å². The van der Waals surface area contributed by atoms with Gasteiger partial charge in [-0.05, 0) is 55.3 Å². The van der Waals surface area contributed by atoms with Gasteiger partial charge in [-0.15, -0.1) is 0 Å². The molecule has 0 radical (unpaired) electrons. The van der Waals surface area contributed by atoms with Crippen LogP contribution in [0.3, 0.4) is 0 Å². The summed E-state index contributed by atoms with van der Waals surface area (Å²) in [5.41, 5.74) is -3.89. The highest BCUT2D eigenvalue weighted by atomic mass is 32.2. The number of benzene rings is 1. The lowest BCUT2D eigenvalue weighted by molar-refractivity contribution is -0.136. The van der Waals surface area contributed by atoms with Gasteiger partial charge >= 0.3 is 11.5 Å². The molecule has 0 bridgehead atoms. The fourth-order valence-corrected chi connectivity index (χ4v) is 4.43. The molecule has 3 rings (SSSR count). The zero-order valence-electron chi connectivity index (χ0n) is 16.2. The molecule has 5 nitrogen and oxygen atoms in total. The van der Waals surface area contributed by atoms with Crippen molar-refractivity contribution in [2.45, 2.75) is 48.9 Å².